The van der Waals surface area contributed by atoms with E-state index in [1.165, 1.54) is 12.3 Å². The second-order valence-electron chi connectivity index (χ2n) is 3.84. The first-order valence-corrected chi connectivity index (χ1v) is 7.65. The Labute approximate surface area is 127 Å². The molecular weight excluding hydrogens is 369 g/mol. The molecule has 0 aliphatic heterocycles. The van der Waals surface area contributed by atoms with Crippen molar-refractivity contribution < 1.29 is 17.7 Å². The van der Waals surface area contributed by atoms with Crippen LogP contribution in [0.25, 0.3) is 0 Å². The van der Waals surface area contributed by atoms with Crippen LogP contribution >= 0.6 is 15.9 Å². The molecule has 21 heavy (non-hydrogen) atoms. The summed E-state index contributed by atoms with van der Waals surface area (Å²) in [6.45, 7) is 0. The Morgan fingerprint density at radius 1 is 1.29 bits per heavy atom. The average Bonchev–Trinajstić information content (AvgIpc) is 2.37. The van der Waals surface area contributed by atoms with E-state index in [1.54, 1.807) is 6.07 Å². The SMILES string of the molecule is O=[N+]([O-])c1ccc(S(=O)(=O)Nc2cc(Br)ccn2)c(F)c1. The minimum absolute atomic E-state index is 0.0119. The number of rotatable bonds is 4. The maximum absolute atomic E-state index is 13.7. The van der Waals surface area contributed by atoms with Gasteiger partial charge in [0.1, 0.15) is 10.7 Å². The molecule has 0 aliphatic carbocycles. The molecule has 1 aromatic heterocycles. The van der Waals surface area contributed by atoms with Gasteiger partial charge in [-0.15, -0.1) is 0 Å². The maximum atomic E-state index is 13.7. The molecule has 7 nitrogen and oxygen atoms in total. The van der Waals surface area contributed by atoms with Gasteiger partial charge in [0.2, 0.25) is 0 Å². The smallest absolute Gasteiger partial charge is 0.263 e. The quantitative estimate of drug-likeness (QED) is 0.653. The van der Waals surface area contributed by atoms with Crippen LogP contribution in [0.3, 0.4) is 0 Å². The van der Waals surface area contributed by atoms with E-state index in [2.05, 4.69) is 25.6 Å². The second kappa shape index (κ2) is 5.74. The fraction of sp³-hybridized carbons (Fsp3) is 0. The Kier molecular flexibility index (Phi) is 4.19. The number of halogens is 2. The Hall–Kier alpha value is -2.07. The topological polar surface area (TPSA) is 102 Å². The van der Waals surface area contributed by atoms with Crippen molar-refractivity contribution in [2.75, 3.05) is 4.72 Å². The van der Waals surface area contributed by atoms with Crippen molar-refractivity contribution in [3.8, 4) is 0 Å². The lowest BCUT2D eigenvalue weighted by Crippen LogP contribution is -2.15. The molecule has 10 heteroatoms. The first-order valence-electron chi connectivity index (χ1n) is 5.38. The normalized spacial score (nSPS) is 11.1. The van der Waals surface area contributed by atoms with Gasteiger partial charge in [-0.05, 0) is 18.2 Å². The first-order chi connectivity index (χ1) is 9.79. The van der Waals surface area contributed by atoms with E-state index in [4.69, 9.17) is 0 Å². The first kappa shape index (κ1) is 15.3. The molecule has 1 N–H and O–H groups in total. The highest BCUT2D eigenvalue weighted by Crippen LogP contribution is 2.23. The maximum Gasteiger partial charge on any atom is 0.272 e. The summed E-state index contributed by atoms with van der Waals surface area (Å²) in [5, 5.41) is 10.5. The molecule has 0 fully saturated rings. The lowest BCUT2D eigenvalue weighted by molar-refractivity contribution is -0.385. The molecule has 0 radical (unpaired) electrons. The third-order valence-electron chi connectivity index (χ3n) is 2.38. The highest BCUT2D eigenvalue weighted by Gasteiger charge is 2.22. The average molecular weight is 376 g/mol. The summed E-state index contributed by atoms with van der Waals surface area (Å²) in [7, 11) is -4.23. The Morgan fingerprint density at radius 3 is 2.57 bits per heavy atom. The molecule has 1 heterocycles. The molecule has 0 amide bonds. The van der Waals surface area contributed by atoms with Crippen molar-refractivity contribution >= 4 is 37.5 Å². The number of nitro benzene ring substituents is 1. The standard InChI is InChI=1S/C11H7BrFN3O4S/c12-7-3-4-14-11(5-7)15-21(19,20)10-2-1-8(16(17)18)6-9(10)13/h1-6H,(H,14,15). The van der Waals surface area contributed by atoms with Crippen molar-refractivity contribution in [2.24, 2.45) is 0 Å². The summed E-state index contributed by atoms with van der Waals surface area (Å²) in [4.78, 5) is 12.8. The van der Waals surface area contributed by atoms with Gasteiger partial charge < -0.3 is 0 Å². The van der Waals surface area contributed by atoms with Crippen LogP contribution in [0.15, 0.2) is 45.9 Å². The predicted octanol–water partition coefficient (Wildman–Crippen LogP) is 2.69. The van der Waals surface area contributed by atoms with Crippen molar-refractivity contribution in [2.45, 2.75) is 4.90 Å². The summed E-state index contributed by atoms with van der Waals surface area (Å²) in [5.41, 5.74) is -0.535. The molecule has 2 aromatic rings. The van der Waals surface area contributed by atoms with Gasteiger partial charge in [0.05, 0.1) is 11.0 Å². The van der Waals surface area contributed by atoms with E-state index in [0.29, 0.717) is 10.5 Å². The van der Waals surface area contributed by atoms with E-state index in [-0.39, 0.29) is 5.82 Å². The van der Waals surface area contributed by atoms with Crippen molar-refractivity contribution in [3.05, 3.63) is 56.9 Å². The minimum atomic E-state index is -4.23. The molecular formula is C11H7BrFN3O4S. The Morgan fingerprint density at radius 2 is 2.00 bits per heavy atom. The molecule has 0 unspecified atom stereocenters. The molecule has 0 spiro atoms. The number of hydrogen-bond acceptors (Lipinski definition) is 5. The summed E-state index contributed by atoms with van der Waals surface area (Å²) >= 11 is 3.14. The molecule has 1 aromatic carbocycles. The van der Waals surface area contributed by atoms with Gasteiger partial charge in [-0.2, -0.15) is 0 Å². The summed E-state index contributed by atoms with van der Waals surface area (Å²) < 4.78 is 40.5. The van der Waals surface area contributed by atoms with Crippen LogP contribution in [-0.4, -0.2) is 18.3 Å². The van der Waals surface area contributed by atoms with Gasteiger partial charge in [-0.25, -0.2) is 17.8 Å². The van der Waals surface area contributed by atoms with Gasteiger partial charge in [0.25, 0.3) is 15.7 Å². The van der Waals surface area contributed by atoms with Gasteiger partial charge in [-0.1, -0.05) is 15.9 Å². The second-order valence-corrected chi connectivity index (χ2v) is 6.40. The summed E-state index contributed by atoms with van der Waals surface area (Å²) in [5.74, 6) is -1.23. The van der Waals surface area contributed by atoms with Crippen molar-refractivity contribution in [3.63, 3.8) is 0 Å². The number of anilines is 1. The van der Waals surface area contributed by atoms with Crippen LogP contribution in [0.5, 0.6) is 0 Å². The molecule has 0 atom stereocenters. The number of sulfonamides is 1. The molecule has 0 saturated carbocycles. The molecule has 0 bridgehead atoms. The fourth-order valence-electron chi connectivity index (χ4n) is 1.47. The number of benzene rings is 1. The van der Waals surface area contributed by atoms with E-state index < -0.39 is 31.3 Å². The van der Waals surface area contributed by atoms with Crippen LogP contribution in [0, 0.1) is 15.9 Å². The number of aromatic nitrogens is 1. The van der Waals surface area contributed by atoms with Gasteiger partial charge in [0.15, 0.2) is 5.82 Å². The van der Waals surface area contributed by atoms with E-state index in [9.17, 15) is 22.9 Å². The van der Waals surface area contributed by atoms with Crippen LogP contribution < -0.4 is 4.72 Å². The van der Waals surface area contributed by atoms with Gasteiger partial charge in [0, 0.05) is 16.7 Å². The number of pyridine rings is 1. The number of nitro groups is 1. The van der Waals surface area contributed by atoms with Crippen molar-refractivity contribution in [1.29, 1.82) is 0 Å². The third kappa shape index (κ3) is 3.52. The zero-order valence-corrected chi connectivity index (χ0v) is 12.6. The monoisotopic (exact) mass is 375 g/mol. The Bertz CT molecular complexity index is 813. The molecule has 0 aliphatic rings. The summed E-state index contributed by atoms with van der Waals surface area (Å²) in [6, 6.07) is 5.26. The number of hydrogen-bond donors (Lipinski definition) is 1. The number of nitrogens with zero attached hydrogens (tertiary/aromatic N) is 2. The summed E-state index contributed by atoms with van der Waals surface area (Å²) in [6.07, 6.45) is 1.36. The van der Waals surface area contributed by atoms with Crippen LogP contribution in [0.1, 0.15) is 0 Å². The predicted molar refractivity (Wildman–Crippen MR) is 75.8 cm³/mol. The lowest BCUT2D eigenvalue weighted by atomic mass is 10.3. The van der Waals surface area contributed by atoms with Crippen LogP contribution in [0.4, 0.5) is 15.9 Å². The largest absolute Gasteiger partial charge is 0.272 e. The zero-order valence-electron chi connectivity index (χ0n) is 10.2. The van der Waals surface area contributed by atoms with E-state index in [0.717, 1.165) is 12.1 Å². The number of nitrogens with one attached hydrogen (secondary N) is 1. The molecule has 110 valence electrons. The van der Waals surface area contributed by atoms with Crippen LogP contribution in [0.2, 0.25) is 0 Å². The lowest BCUT2D eigenvalue weighted by Gasteiger charge is -2.08. The minimum Gasteiger partial charge on any atom is -0.263 e. The molecule has 0 saturated heterocycles. The fourth-order valence-corrected chi connectivity index (χ4v) is 2.87. The van der Waals surface area contributed by atoms with E-state index >= 15 is 0 Å². The number of non-ortho nitro benzene ring substituents is 1. The van der Waals surface area contributed by atoms with Gasteiger partial charge in [-0.3, -0.25) is 14.8 Å². The van der Waals surface area contributed by atoms with E-state index in [1.807, 2.05) is 0 Å². The zero-order chi connectivity index (χ0) is 15.6. The van der Waals surface area contributed by atoms with Crippen molar-refractivity contribution in [1.82, 2.24) is 4.98 Å². The Balaban J connectivity index is 2.38. The van der Waals surface area contributed by atoms with Crippen LogP contribution in [-0.2, 0) is 10.0 Å². The third-order valence-corrected chi connectivity index (χ3v) is 4.26. The highest BCUT2D eigenvalue weighted by atomic mass is 79.9. The molecule has 2 rings (SSSR count). The van der Waals surface area contributed by atoms with Gasteiger partial charge >= 0.3 is 0 Å². The highest BCUT2D eigenvalue weighted by molar-refractivity contribution is 9.10.